The summed E-state index contributed by atoms with van der Waals surface area (Å²) in [6.07, 6.45) is 3.30. The van der Waals surface area contributed by atoms with E-state index in [0.717, 1.165) is 19.5 Å². The molecule has 1 fully saturated rings. The van der Waals surface area contributed by atoms with Crippen molar-refractivity contribution in [1.29, 1.82) is 0 Å². The van der Waals surface area contributed by atoms with E-state index in [-0.39, 0.29) is 17.5 Å². The van der Waals surface area contributed by atoms with Gasteiger partial charge in [-0.15, -0.1) is 0 Å². The first-order valence-corrected chi connectivity index (χ1v) is 6.62. The van der Waals surface area contributed by atoms with Crippen molar-refractivity contribution in [3.8, 4) is 0 Å². The second-order valence-corrected chi connectivity index (χ2v) is 5.99. The van der Waals surface area contributed by atoms with Gasteiger partial charge in [0.25, 0.3) is 0 Å². The standard InChI is InChI=1S/C13H27N3O/c1-13(2,3)16-11(12(17)14-4)9-10-5-7-15-8-6-10/h10-11,15-16H,5-9H2,1-4H3,(H,14,17). The lowest BCUT2D eigenvalue weighted by Gasteiger charge is -2.31. The quantitative estimate of drug-likeness (QED) is 0.685. The molecule has 1 rings (SSSR count). The highest BCUT2D eigenvalue weighted by atomic mass is 16.2. The summed E-state index contributed by atoms with van der Waals surface area (Å²) >= 11 is 0. The van der Waals surface area contributed by atoms with Crippen LogP contribution in [0.1, 0.15) is 40.0 Å². The summed E-state index contributed by atoms with van der Waals surface area (Å²) in [6, 6.07) is -0.0666. The van der Waals surface area contributed by atoms with Crippen LogP contribution in [-0.2, 0) is 4.79 Å². The van der Waals surface area contributed by atoms with Gasteiger partial charge in [-0.1, -0.05) is 0 Å². The summed E-state index contributed by atoms with van der Waals surface area (Å²) in [5, 5.41) is 9.54. The Balaban J connectivity index is 2.53. The zero-order valence-electron chi connectivity index (χ0n) is 11.6. The van der Waals surface area contributed by atoms with Gasteiger partial charge in [-0.2, -0.15) is 0 Å². The number of likely N-dealkylation sites (N-methyl/N-ethyl adjacent to an activating group) is 1. The molecule has 4 heteroatoms. The summed E-state index contributed by atoms with van der Waals surface area (Å²) in [4.78, 5) is 11.9. The summed E-state index contributed by atoms with van der Waals surface area (Å²) in [7, 11) is 1.71. The van der Waals surface area contributed by atoms with Crippen molar-refractivity contribution in [3.05, 3.63) is 0 Å². The minimum atomic E-state index is -0.0666. The van der Waals surface area contributed by atoms with Crippen LogP contribution in [0.4, 0.5) is 0 Å². The smallest absolute Gasteiger partial charge is 0.236 e. The lowest BCUT2D eigenvalue weighted by molar-refractivity contribution is -0.123. The number of rotatable bonds is 4. The Labute approximate surface area is 105 Å². The highest BCUT2D eigenvalue weighted by molar-refractivity contribution is 5.81. The van der Waals surface area contributed by atoms with Crippen LogP contribution in [0.3, 0.4) is 0 Å². The van der Waals surface area contributed by atoms with Crippen molar-refractivity contribution in [3.63, 3.8) is 0 Å². The van der Waals surface area contributed by atoms with Crippen LogP contribution in [0.15, 0.2) is 0 Å². The van der Waals surface area contributed by atoms with Crippen LogP contribution in [0.25, 0.3) is 0 Å². The Hall–Kier alpha value is -0.610. The first kappa shape index (κ1) is 14.5. The molecule has 0 saturated carbocycles. The van der Waals surface area contributed by atoms with E-state index in [1.165, 1.54) is 12.8 Å². The van der Waals surface area contributed by atoms with Crippen molar-refractivity contribution < 1.29 is 4.79 Å². The van der Waals surface area contributed by atoms with E-state index in [1.54, 1.807) is 7.05 Å². The second kappa shape index (κ2) is 6.36. The van der Waals surface area contributed by atoms with Gasteiger partial charge in [0, 0.05) is 12.6 Å². The summed E-state index contributed by atoms with van der Waals surface area (Å²) in [6.45, 7) is 8.48. The van der Waals surface area contributed by atoms with Gasteiger partial charge in [-0.25, -0.2) is 0 Å². The molecule has 0 spiro atoms. The third-order valence-corrected chi connectivity index (χ3v) is 3.20. The van der Waals surface area contributed by atoms with E-state index < -0.39 is 0 Å². The number of hydrogen-bond acceptors (Lipinski definition) is 3. The number of carbonyl (C=O) groups is 1. The van der Waals surface area contributed by atoms with Gasteiger partial charge in [0.2, 0.25) is 5.91 Å². The highest BCUT2D eigenvalue weighted by Gasteiger charge is 2.26. The molecule has 1 amide bonds. The van der Waals surface area contributed by atoms with E-state index in [9.17, 15) is 4.79 Å². The number of amides is 1. The largest absolute Gasteiger partial charge is 0.358 e. The molecule has 0 aromatic carbocycles. The predicted molar refractivity (Wildman–Crippen MR) is 71.0 cm³/mol. The van der Waals surface area contributed by atoms with Crippen molar-refractivity contribution in [2.75, 3.05) is 20.1 Å². The van der Waals surface area contributed by atoms with Crippen molar-refractivity contribution in [2.45, 2.75) is 51.6 Å². The Morgan fingerprint density at radius 2 is 1.94 bits per heavy atom. The minimum absolute atomic E-state index is 0.0237. The summed E-state index contributed by atoms with van der Waals surface area (Å²) in [5.74, 6) is 0.770. The van der Waals surface area contributed by atoms with Gasteiger partial charge in [-0.3, -0.25) is 4.79 Å². The maximum absolute atomic E-state index is 11.9. The molecular formula is C13H27N3O. The van der Waals surface area contributed by atoms with Gasteiger partial charge >= 0.3 is 0 Å². The van der Waals surface area contributed by atoms with Crippen LogP contribution in [-0.4, -0.2) is 37.6 Å². The van der Waals surface area contributed by atoms with Crippen LogP contribution in [0, 0.1) is 5.92 Å². The third-order valence-electron chi connectivity index (χ3n) is 3.20. The maximum Gasteiger partial charge on any atom is 0.236 e. The molecule has 0 aliphatic carbocycles. The maximum atomic E-state index is 11.9. The van der Waals surface area contributed by atoms with Crippen LogP contribution in [0.5, 0.6) is 0 Å². The number of carbonyl (C=O) groups excluding carboxylic acids is 1. The molecular weight excluding hydrogens is 214 g/mol. The number of piperidine rings is 1. The fourth-order valence-corrected chi connectivity index (χ4v) is 2.38. The van der Waals surface area contributed by atoms with Gasteiger partial charge < -0.3 is 16.0 Å². The molecule has 1 atom stereocenters. The zero-order valence-corrected chi connectivity index (χ0v) is 11.6. The van der Waals surface area contributed by atoms with E-state index in [2.05, 4.69) is 36.7 Å². The Kier molecular flexibility index (Phi) is 5.40. The van der Waals surface area contributed by atoms with Gasteiger partial charge in [0.05, 0.1) is 6.04 Å². The average Bonchev–Trinajstić information content (AvgIpc) is 2.27. The lowest BCUT2D eigenvalue weighted by Crippen LogP contribution is -2.52. The molecule has 17 heavy (non-hydrogen) atoms. The molecule has 0 aromatic rings. The SMILES string of the molecule is CNC(=O)C(CC1CCNCC1)NC(C)(C)C. The third kappa shape index (κ3) is 5.50. The predicted octanol–water partition coefficient (Wildman–Crippen LogP) is 0.879. The fraction of sp³-hybridized carbons (Fsp3) is 0.923. The Bertz CT molecular complexity index is 242. The first-order chi connectivity index (χ1) is 7.92. The van der Waals surface area contributed by atoms with Gasteiger partial charge in [-0.05, 0) is 59.0 Å². The molecule has 1 unspecified atom stereocenters. The fourth-order valence-electron chi connectivity index (χ4n) is 2.38. The van der Waals surface area contributed by atoms with Crippen LogP contribution in [0.2, 0.25) is 0 Å². The van der Waals surface area contributed by atoms with E-state index in [0.29, 0.717) is 5.92 Å². The molecule has 100 valence electrons. The van der Waals surface area contributed by atoms with Gasteiger partial charge in [0.1, 0.15) is 0 Å². The number of hydrogen-bond donors (Lipinski definition) is 3. The molecule has 0 bridgehead atoms. The minimum Gasteiger partial charge on any atom is -0.358 e. The first-order valence-electron chi connectivity index (χ1n) is 6.62. The Morgan fingerprint density at radius 1 is 1.35 bits per heavy atom. The molecule has 1 aliphatic rings. The summed E-state index contributed by atoms with van der Waals surface area (Å²) < 4.78 is 0. The topological polar surface area (TPSA) is 53.2 Å². The van der Waals surface area contributed by atoms with Gasteiger partial charge in [0.15, 0.2) is 0 Å². The molecule has 4 nitrogen and oxygen atoms in total. The molecule has 1 saturated heterocycles. The Morgan fingerprint density at radius 3 is 2.41 bits per heavy atom. The molecule has 0 radical (unpaired) electrons. The van der Waals surface area contributed by atoms with E-state index >= 15 is 0 Å². The lowest BCUT2D eigenvalue weighted by atomic mass is 9.89. The monoisotopic (exact) mass is 241 g/mol. The van der Waals surface area contributed by atoms with Crippen LogP contribution >= 0.6 is 0 Å². The molecule has 3 N–H and O–H groups in total. The van der Waals surface area contributed by atoms with E-state index in [1.807, 2.05) is 0 Å². The van der Waals surface area contributed by atoms with Crippen molar-refractivity contribution >= 4 is 5.91 Å². The highest BCUT2D eigenvalue weighted by Crippen LogP contribution is 2.19. The molecule has 0 aromatic heterocycles. The summed E-state index contributed by atoms with van der Waals surface area (Å²) in [5.41, 5.74) is -0.0237. The zero-order chi connectivity index (χ0) is 12.9. The van der Waals surface area contributed by atoms with E-state index in [4.69, 9.17) is 0 Å². The normalized spacial score (nSPS) is 20.0. The van der Waals surface area contributed by atoms with Crippen molar-refractivity contribution in [1.82, 2.24) is 16.0 Å². The van der Waals surface area contributed by atoms with Crippen molar-refractivity contribution in [2.24, 2.45) is 5.92 Å². The van der Waals surface area contributed by atoms with Crippen LogP contribution < -0.4 is 16.0 Å². The molecule has 1 heterocycles. The second-order valence-electron chi connectivity index (χ2n) is 5.99. The molecule has 1 aliphatic heterocycles. The average molecular weight is 241 g/mol. The number of nitrogens with one attached hydrogen (secondary N) is 3.